The summed E-state index contributed by atoms with van der Waals surface area (Å²) in [5.74, 6) is 0.569. The summed E-state index contributed by atoms with van der Waals surface area (Å²) in [6.07, 6.45) is 1.12. The molecule has 6 nitrogen and oxygen atoms in total. The summed E-state index contributed by atoms with van der Waals surface area (Å²) < 4.78 is 26.8. The summed E-state index contributed by atoms with van der Waals surface area (Å²) in [6, 6.07) is 0.384. The van der Waals surface area contributed by atoms with Crippen molar-refractivity contribution in [3.8, 4) is 0 Å². The lowest BCUT2D eigenvalue weighted by molar-refractivity contribution is -0.00179. The number of nitrogens with one attached hydrogen (secondary N) is 1. The Balaban J connectivity index is 1.91. The molecule has 0 aromatic carbocycles. The van der Waals surface area contributed by atoms with E-state index in [4.69, 9.17) is 23.7 Å². The van der Waals surface area contributed by atoms with Crippen LogP contribution in [0.2, 0.25) is 0 Å². The highest BCUT2D eigenvalue weighted by atomic mass is 16.6. The van der Waals surface area contributed by atoms with Crippen molar-refractivity contribution in [1.82, 2.24) is 5.32 Å². The predicted octanol–water partition coefficient (Wildman–Crippen LogP) is 0.697. The van der Waals surface area contributed by atoms with Gasteiger partial charge in [-0.1, -0.05) is 6.92 Å². The molecule has 126 valence electrons. The second-order valence-electron chi connectivity index (χ2n) is 5.08. The van der Waals surface area contributed by atoms with E-state index in [1.165, 1.54) is 0 Å². The van der Waals surface area contributed by atoms with E-state index < -0.39 is 0 Å². The van der Waals surface area contributed by atoms with Crippen molar-refractivity contribution in [3.05, 3.63) is 0 Å². The Hall–Kier alpha value is -0.240. The number of likely N-dealkylation sites (N-methyl/N-ethyl adjacent to an activating group) is 1. The lowest BCUT2D eigenvalue weighted by atomic mass is 10.00. The molecule has 0 aromatic heterocycles. The van der Waals surface area contributed by atoms with Crippen molar-refractivity contribution < 1.29 is 23.7 Å². The molecule has 1 saturated heterocycles. The fraction of sp³-hybridized carbons (Fsp3) is 1.00. The van der Waals surface area contributed by atoms with E-state index in [9.17, 15) is 0 Å². The molecule has 0 saturated carbocycles. The fourth-order valence-corrected chi connectivity index (χ4v) is 2.29. The molecule has 0 aromatic rings. The van der Waals surface area contributed by atoms with Gasteiger partial charge in [-0.3, -0.25) is 0 Å². The number of hydrogen-bond donors (Lipinski definition) is 1. The van der Waals surface area contributed by atoms with Crippen LogP contribution in [0.4, 0.5) is 0 Å². The van der Waals surface area contributed by atoms with Crippen molar-refractivity contribution in [1.29, 1.82) is 0 Å². The summed E-state index contributed by atoms with van der Waals surface area (Å²) >= 11 is 0. The van der Waals surface area contributed by atoms with Crippen molar-refractivity contribution in [2.75, 3.05) is 73.1 Å². The van der Waals surface area contributed by atoms with Crippen molar-refractivity contribution in [3.63, 3.8) is 0 Å². The monoisotopic (exact) mass is 305 g/mol. The summed E-state index contributed by atoms with van der Waals surface area (Å²) in [6.45, 7) is 9.17. The SMILES string of the molecule is CCNC(COCCOCCOCCOC)C1CCOC1. The zero-order valence-corrected chi connectivity index (χ0v) is 13.5. The zero-order valence-electron chi connectivity index (χ0n) is 13.5. The van der Waals surface area contributed by atoms with E-state index in [0.717, 1.165) is 32.8 Å². The fourth-order valence-electron chi connectivity index (χ4n) is 2.29. The highest BCUT2D eigenvalue weighted by molar-refractivity contribution is 4.78. The Morgan fingerprint density at radius 3 is 2.29 bits per heavy atom. The van der Waals surface area contributed by atoms with Gasteiger partial charge in [0.2, 0.25) is 0 Å². The first-order chi connectivity index (χ1) is 10.4. The van der Waals surface area contributed by atoms with E-state index in [-0.39, 0.29) is 0 Å². The Morgan fingerprint density at radius 1 is 1.05 bits per heavy atom. The molecule has 1 rings (SSSR count). The van der Waals surface area contributed by atoms with Gasteiger partial charge in [0, 0.05) is 25.7 Å². The molecule has 1 N–H and O–H groups in total. The molecular formula is C15H31NO5. The first-order valence-electron chi connectivity index (χ1n) is 7.91. The van der Waals surface area contributed by atoms with Gasteiger partial charge in [-0.15, -0.1) is 0 Å². The van der Waals surface area contributed by atoms with Gasteiger partial charge in [-0.05, 0) is 13.0 Å². The van der Waals surface area contributed by atoms with Crippen LogP contribution in [-0.2, 0) is 23.7 Å². The summed E-state index contributed by atoms with van der Waals surface area (Å²) in [5.41, 5.74) is 0. The van der Waals surface area contributed by atoms with Crippen molar-refractivity contribution in [2.24, 2.45) is 5.92 Å². The Morgan fingerprint density at radius 2 is 1.71 bits per heavy atom. The summed E-state index contributed by atoms with van der Waals surface area (Å²) in [7, 11) is 1.66. The first-order valence-corrected chi connectivity index (χ1v) is 7.91. The minimum Gasteiger partial charge on any atom is -0.382 e. The minimum absolute atomic E-state index is 0.384. The van der Waals surface area contributed by atoms with Gasteiger partial charge in [0.25, 0.3) is 0 Å². The van der Waals surface area contributed by atoms with Crippen LogP contribution in [0.15, 0.2) is 0 Å². The molecule has 1 aliphatic rings. The van der Waals surface area contributed by atoms with Crippen LogP contribution in [-0.4, -0.2) is 79.2 Å². The van der Waals surface area contributed by atoms with E-state index in [1.54, 1.807) is 7.11 Å². The third kappa shape index (κ3) is 9.39. The van der Waals surface area contributed by atoms with Crippen molar-refractivity contribution >= 4 is 0 Å². The van der Waals surface area contributed by atoms with Gasteiger partial charge in [0.15, 0.2) is 0 Å². The first kappa shape index (κ1) is 18.8. The molecular weight excluding hydrogens is 274 g/mol. The van der Waals surface area contributed by atoms with Gasteiger partial charge < -0.3 is 29.0 Å². The third-order valence-electron chi connectivity index (χ3n) is 3.47. The molecule has 0 spiro atoms. The zero-order chi connectivity index (χ0) is 15.2. The van der Waals surface area contributed by atoms with Crippen LogP contribution >= 0.6 is 0 Å². The van der Waals surface area contributed by atoms with Gasteiger partial charge in [0.1, 0.15) is 0 Å². The van der Waals surface area contributed by atoms with Crippen LogP contribution in [0.5, 0.6) is 0 Å². The average molecular weight is 305 g/mol. The standard InChI is InChI=1S/C15H31NO5/c1-3-16-15(14-4-5-20-12-14)13-21-11-10-19-9-8-18-7-6-17-2/h14-16H,3-13H2,1-2H3. The maximum absolute atomic E-state index is 5.70. The largest absolute Gasteiger partial charge is 0.382 e. The number of methoxy groups -OCH3 is 1. The molecule has 2 unspecified atom stereocenters. The molecule has 1 aliphatic heterocycles. The highest BCUT2D eigenvalue weighted by Gasteiger charge is 2.24. The normalized spacial score (nSPS) is 20.0. The molecule has 1 heterocycles. The number of ether oxygens (including phenoxy) is 5. The van der Waals surface area contributed by atoms with E-state index in [1.807, 2.05) is 0 Å². The van der Waals surface area contributed by atoms with Crippen LogP contribution in [0.25, 0.3) is 0 Å². The van der Waals surface area contributed by atoms with Crippen LogP contribution in [0.1, 0.15) is 13.3 Å². The van der Waals surface area contributed by atoms with E-state index in [0.29, 0.717) is 51.6 Å². The molecule has 0 radical (unpaired) electrons. The molecule has 2 atom stereocenters. The second-order valence-corrected chi connectivity index (χ2v) is 5.08. The predicted molar refractivity (Wildman–Crippen MR) is 80.7 cm³/mol. The quantitative estimate of drug-likeness (QED) is 0.477. The van der Waals surface area contributed by atoms with Gasteiger partial charge in [-0.25, -0.2) is 0 Å². The molecule has 1 fully saturated rings. The van der Waals surface area contributed by atoms with Crippen molar-refractivity contribution in [2.45, 2.75) is 19.4 Å². The lowest BCUT2D eigenvalue weighted by Gasteiger charge is -2.23. The molecule has 0 aliphatic carbocycles. The maximum Gasteiger partial charge on any atom is 0.0701 e. The summed E-state index contributed by atoms with van der Waals surface area (Å²) in [4.78, 5) is 0. The van der Waals surface area contributed by atoms with Gasteiger partial charge >= 0.3 is 0 Å². The Labute approximate surface area is 128 Å². The number of rotatable bonds is 14. The van der Waals surface area contributed by atoms with Crippen LogP contribution in [0.3, 0.4) is 0 Å². The third-order valence-corrected chi connectivity index (χ3v) is 3.47. The molecule has 0 bridgehead atoms. The lowest BCUT2D eigenvalue weighted by Crippen LogP contribution is -2.40. The molecule has 0 amide bonds. The van der Waals surface area contributed by atoms with Crippen LogP contribution < -0.4 is 5.32 Å². The second kappa shape index (κ2) is 13.4. The smallest absolute Gasteiger partial charge is 0.0701 e. The molecule has 21 heavy (non-hydrogen) atoms. The van der Waals surface area contributed by atoms with E-state index >= 15 is 0 Å². The maximum atomic E-state index is 5.70. The highest BCUT2D eigenvalue weighted by Crippen LogP contribution is 2.16. The van der Waals surface area contributed by atoms with Gasteiger partial charge in [-0.2, -0.15) is 0 Å². The van der Waals surface area contributed by atoms with Crippen LogP contribution in [0, 0.1) is 5.92 Å². The Kier molecular flexibility index (Phi) is 12.0. The number of hydrogen-bond acceptors (Lipinski definition) is 6. The van der Waals surface area contributed by atoms with Gasteiger partial charge in [0.05, 0.1) is 52.9 Å². The Bertz CT molecular complexity index is 224. The molecule has 6 heteroatoms. The average Bonchev–Trinajstić information content (AvgIpc) is 3.02. The minimum atomic E-state index is 0.384. The topological polar surface area (TPSA) is 58.2 Å². The summed E-state index contributed by atoms with van der Waals surface area (Å²) in [5, 5.41) is 3.48. The van der Waals surface area contributed by atoms with E-state index in [2.05, 4.69) is 12.2 Å².